The van der Waals surface area contributed by atoms with Gasteiger partial charge in [0.2, 0.25) is 11.1 Å². The zero-order valence-corrected chi connectivity index (χ0v) is 13.5. The fraction of sp³-hybridized carbons (Fsp3) is 0.429. The van der Waals surface area contributed by atoms with Gasteiger partial charge in [-0.1, -0.05) is 0 Å². The molecule has 0 saturated carbocycles. The SMILES string of the molecule is CCOC(=O)c1nc(-c2nc(Cl)ncc2C)cn1C[C@H](C)N. The van der Waals surface area contributed by atoms with Crippen molar-refractivity contribution in [3.05, 3.63) is 29.1 Å². The van der Waals surface area contributed by atoms with Gasteiger partial charge in [-0.15, -0.1) is 0 Å². The van der Waals surface area contributed by atoms with E-state index in [4.69, 9.17) is 22.1 Å². The number of nitrogens with zero attached hydrogens (tertiary/aromatic N) is 4. The average molecular weight is 324 g/mol. The Kier molecular flexibility index (Phi) is 5.10. The monoisotopic (exact) mass is 323 g/mol. The summed E-state index contributed by atoms with van der Waals surface area (Å²) in [6.07, 6.45) is 3.33. The van der Waals surface area contributed by atoms with Crippen molar-refractivity contribution in [1.29, 1.82) is 0 Å². The Balaban J connectivity index is 2.49. The molecule has 0 bridgehead atoms. The van der Waals surface area contributed by atoms with Crippen LogP contribution in [0.1, 0.15) is 30.0 Å². The molecule has 0 saturated heterocycles. The number of hydrogen-bond acceptors (Lipinski definition) is 6. The highest BCUT2D eigenvalue weighted by Gasteiger charge is 2.20. The van der Waals surface area contributed by atoms with E-state index < -0.39 is 5.97 Å². The Morgan fingerprint density at radius 2 is 2.23 bits per heavy atom. The molecule has 0 unspecified atom stereocenters. The lowest BCUT2D eigenvalue weighted by atomic mass is 10.2. The third-order valence-electron chi connectivity index (χ3n) is 2.90. The van der Waals surface area contributed by atoms with Crippen molar-refractivity contribution in [2.45, 2.75) is 33.4 Å². The van der Waals surface area contributed by atoms with Gasteiger partial charge in [-0.25, -0.2) is 19.7 Å². The molecular weight excluding hydrogens is 306 g/mol. The first-order valence-corrected chi connectivity index (χ1v) is 7.29. The van der Waals surface area contributed by atoms with Crippen LogP contribution in [0, 0.1) is 6.92 Å². The number of carbonyl (C=O) groups excluding carboxylic acids is 1. The minimum Gasteiger partial charge on any atom is -0.460 e. The van der Waals surface area contributed by atoms with Crippen LogP contribution in [0.2, 0.25) is 5.28 Å². The van der Waals surface area contributed by atoms with Crippen LogP contribution in [0.4, 0.5) is 0 Å². The van der Waals surface area contributed by atoms with Gasteiger partial charge in [-0.2, -0.15) is 0 Å². The topological polar surface area (TPSA) is 95.9 Å². The molecule has 0 radical (unpaired) electrons. The summed E-state index contributed by atoms with van der Waals surface area (Å²) in [6.45, 7) is 6.16. The molecule has 2 aromatic heterocycles. The number of aromatic nitrogens is 4. The second kappa shape index (κ2) is 6.85. The Bertz CT molecular complexity index is 684. The van der Waals surface area contributed by atoms with E-state index in [1.54, 1.807) is 23.9 Å². The Hall–Kier alpha value is -1.99. The van der Waals surface area contributed by atoms with Crippen molar-refractivity contribution in [1.82, 2.24) is 19.5 Å². The molecule has 2 aromatic rings. The van der Waals surface area contributed by atoms with Crippen molar-refractivity contribution in [3.8, 4) is 11.4 Å². The van der Waals surface area contributed by atoms with E-state index in [0.29, 0.717) is 17.9 Å². The van der Waals surface area contributed by atoms with E-state index in [-0.39, 0.29) is 23.8 Å². The molecule has 0 fully saturated rings. The quantitative estimate of drug-likeness (QED) is 0.666. The highest BCUT2D eigenvalue weighted by molar-refractivity contribution is 6.28. The molecule has 7 nitrogen and oxygen atoms in total. The maximum atomic E-state index is 12.0. The van der Waals surface area contributed by atoms with Crippen molar-refractivity contribution < 1.29 is 9.53 Å². The van der Waals surface area contributed by atoms with Crippen LogP contribution >= 0.6 is 11.6 Å². The Morgan fingerprint density at radius 1 is 1.50 bits per heavy atom. The third kappa shape index (κ3) is 3.61. The highest BCUT2D eigenvalue weighted by Crippen LogP contribution is 2.22. The number of aryl methyl sites for hydroxylation is 1. The summed E-state index contributed by atoms with van der Waals surface area (Å²) < 4.78 is 6.71. The number of ether oxygens (including phenoxy) is 1. The van der Waals surface area contributed by atoms with Crippen LogP contribution in [-0.4, -0.2) is 38.1 Å². The summed E-state index contributed by atoms with van der Waals surface area (Å²) in [4.78, 5) is 24.5. The van der Waals surface area contributed by atoms with Crippen molar-refractivity contribution in [3.63, 3.8) is 0 Å². The largest absolute Gasteiger partial charge is 0.460 e. The highest BCUT2D eigenvalue weighted by atomic mass is 35.5. The van der Waals surface area contributed by atoms with Crippen LogP contribution in [0.25, 0.3) is 11.4 Å². The second-order valence-corrected chi connectivity index (χ2v) is 5.31. The molecule has 22 heavy (non-hydrogen) atoms. The van der Waals surface area contributed by atoms with Crippen LogP contribution in [-0.2, 0) is 11.3 Å². The molecule has 0 aliphatic carbocycles. The predicted molar refractivity (Wildman–Crippen MR) is 82.6 cm³/mol. The number of nitrogens with two attached hydrogens (primary N) is 1. The van der Waals surface area contributed by atoms with E-state index in [1.807, 2.05) is 13.8 Å². The molecule has 0 aliphatic heterocycles. The van der Waals surface area contributed by atoms with Gasteiger partial charge in [0, 0.05) is 25.0 Å². The standard InChI is InChI=1S/C14H18ClN5O2/c1-4-22-13(21)12-18-10(7-20(12)6-9(3)16)11-8(2)5-17-14(15)19-11/h5,7,9H,4,6,16H2,1-3H3/t9-/m0/s1. The maximum absolute atomic E-state index is 12.0. The minimum atomic E-state index is -0.493. The van der Waals surface area contributed by atoms with Gasteiger partial charge in [0.1, 0.15) is 5.69 Å². The zero-order valence-electron chi connectivity index (χ0n) is 12.7. The number of imidazole rings is 1. The van der Waals surface area contributed by atoms with E-state index in [0.717, 1.165) is 5.56 Å². The van der Waals surface area contributed by atoms with Gasteiger partial charge in [-0.05, 0) is 37.9 Å². The first-order chi connectivity index (χ1) is 10.4. The fourth-order valence-corrected chi connectivity index (χ4v) is 2.15. The smallest absolute Gasteiger partial charge is 0.374 e. The summed E-state index contributed by atoms with van der Waals surface area (Å²) in [7, 11) is 0. The Morgan fingerprint density at radius 3 is 2.86 bits per heavy atom. The summed E-state index contributed by atoms with van der Waals surface area (Å²) in [5.41, 5.74) is 7.74. The molecular formula is C14H18ClN5O2. The lowest BCUT2D eigenvalue weighted by molar-refractivity contribution is 0.0506. The van der Waals surface area contributed by atoms with Crippen molar-refractivity contribution in [2.75, 3.05) is 6.61 Å². The first kappa shape index (κ1) is 16.4. The number of halogens is 1. The van der Waals surface area contributed by atoms with E-state index in [1.165, 1.54) is 0 Å². The average Bonchev–Trinajstić information content (AvgIpc) is 2.84. The van der Waals surface area contributed by atoms with Crippen LogP contribution < -0.4 is 5.73 Å². The fourth-order valence-electron chi connectivity index (χ4n) is 2.02. The molecule has 8 heteroatoms. The van der Waals surface area contributed by atoms with Gasteiger partial charge in [0.05, 0.1) is 12.3 Å². The molecule has 118 valence electrons. The van der Waals surface area contributed by atoms with Gasteiger partial charge < -0.3 is 15.0 Å². The van der Waals surface area contributed by atoms with Crippen LogP contribution in [0.15, 0.2) is 12.4 Å². The Labute approximate surface area is 133 Å². The number of rotatable bonds is 5. The lowest BCUT2D eigenvalue weighted by Crippen LogP contribution is -2.24. The van der Waals surface area contributed by atoms with Crippen LogP contribution in [0.5, 0.6) is 0 Å². The normalized spacial score (nSPS) is 12.2. The molecule has 2 heterocycles. The van der Waals surface area contributed by atoms with Crippen molar-refractivity contribution in [2.24, 2.45) is 5.73 Å². The van der Waals surface area contributed by atoms with Gasteiger partial charge in [0.15, 0.2) is 0 Å². The zero-order chi connectivity index (χ0) is 16.3. The third-order valence-corrected chi connectivity index (χ3v) is 3.09. The minimum absolute atomic E-state index is 0.125. The number of carbonyl (C=O) groups is 1. The molecule has 0 spiro atoms. The summed E-state index contributed by atoms with van der Waals surface area (Å²) >= 11 is 5.84. The molecule has 2 N–H and O–H groups in total. The summed E-state index contributed by atoms with van der Waals surface area (Å²) in [5, 5.41) is 0.125. The van der Waals surface area contributed by atoms with Gasteiger partial charge in [0.25, 0.3) is 0 Å². The summed E-state index contributed by atoms with van der Waals surface area (Å²) in [6, 6.07) is -0.134. The first-order valence-electron chi connectivity index (χ1n) is 6.91. The second-order valence-electron chi connectivity index (χ2n) is 4.97. The van der Waals surface area contributed by atoms with E-state index >= 15 is 0 Å². The molecule has 2 rings (SSSR count). The molecule has 0 aromatic carbocycles. The number of hydrogen-bond donors (Lipinski definition) is 1. The molecule has 0 aliphatic rings. The van der Waals surface area contributed by atoms with E-state index in [2.05, 4.69) is 15.0 Å². The molecule has 1 atom stereocenters. The molecule has 0 amide bonds. The maximum Gasteiger partial charge on any atom is 0.374 e. The van der Waals surface area contributed by atoms with Crippen LogP contribution in [0.3, 0.4) is 0 Å². The lowest BCUT2D eigenvalue weighted by Gasteiger charge is -2.09. The summed E-state index contributed by atoms with van der Waals surface area (Å²) in [5.74, 6) is -0.296. The van der Waals surface area contributed by atoms with E-state index in [9.17, 15) is 4.79 Å². The van der Waals surface area contributed by atoms with Gasteiger partial charge in [-0.3, -0.25) is 0 Å². The predicted octanol–water partition coefficient (Wildman–Crippen LogP) is 1.83. The number of esters is 1. The van der Waals surface area contributed by atoms with Crippen molar-refractivity contribution >= 4 is 17.6 Å². The van der Waals surface area contributed by atoms with Gasteiger partial charge >= 0.3 is 5.97 Å².